The first-order valence-electron chi connectivity index (χ1n) is 6.63. The van der Waals surface area contributed by atoms with Gasteiger partial charge in [0, 0.05) is 16.7 Å². The van der Waals surface area contributed by atoms with Crippen molar-refractivity contribution in [3.05, 3.63) is 41.4 Å². The summed E-state index contributed by atoms with van der Waals surface area (Å²) in [6.45, 7) is -0.0508. The zero-order valence-corrected chi connectivity index (χ0v) is 11.6. The van der Waals surface area contributed by atoms with Gasteiger partial charge in [-0.1, -0.05) is 23.8 Å². The fraction of sp³-hybridized carbons (Fsp3) is 0.333. The van der Waals surface area contributed by atoms with Gasteiger partial charge in [0.15, 0.2) is 6.61 Å². The molecule has 0 aromatic heterocycles. The normalized spacial score (nSPS) is 25.1. The number of hydrazone groups is 1. The molecule has 0 radical (unpaired) electrons. The van der Waals surface area contributed by atoms with Crippen molar-refractivity contribution in [3.63, 3.8) is 0 Å². The molecule has 2 aliphatic rings. The standard InChI is InChI=1S/C15H15ClN2O2/c16-11-4-6-12(7-5-11)20-9-15(19)18-17-14-8-10-2-1-3-13(10)14/h1-2,4-7,10,13H,3,8-9H2,(H,18,19)/b17-14+. The first-order chi connectivity index (χ1) is 9.72. The molecule has 2 atom stereocenters. The number of amides is 1. The van der Waals surface area contributed by atoms with Crippen LogP contribution < -0.4 is 10.2 Å². The third-order valence-electron chi connectivity index (χ3n) is 3.67. The maximum absolute atomic E-state index is 11.6. The number of ether oxygens (including phenoxy) is 1. The van der Waals surface area contributed by atoms with Crippen molar-refractivity contribution in [1.82, 2.24) is 5.43 Å². The van der Waals surface area contributed by atoms with Crippen molar-refractivity contribution in [2.75, 3.05) is 6.61 Å². The molecule has 0 aliphatic heterocycles. The number of hydrogen-bond donors (Lipinski definition) is 1. The average molecular weight is 291 g/mol. The van der Waals surface area contributed by atoms with Crippen molar-refractivity contribution < 1.29 is 9.53 Å². The molecular formula is C15H15ClN2O2. The minimum Gasteiger partial charge on any atom is -0.484 e. The molecule has 0 heterocycles. The number of rotatable bonds is 4. The smallest absolute Gasteiger partial charge is 0.277 e. The highest BCUT2D eigenvalue weighted by atomic mass is 35.5. The number of carbonyl (C=O) groups is 1. The van der Waals surface area contributed by atoms with Gasteiger partial charge in [-0.15, -0.1) is 0 Å². The highest BCUT2D eigenvalue weighted by Gasteiger charge is 2.37. The van der Waals surface area contributed by atoms with Gasteiger partial charge >= 0.3 is 0 Å². The fourth-order valence-electron chi connectivity index (χ4n) is 2.51. The molecule has 1 aromatic carbocycles. The topological polar surface area (TPSA) is 50.7 Å². The Balaban J connectivity index is 1.44. The molecule has 2 unspecified atom stereocenters. The predicted molar refractivity (Wildman–Crippen MR) is 77.9 cm³/mol. The van der Waals surface area contributed by atoms with Crippen LogP contribution in [0.2, 0.25) is 5.02 Å². The highest BCUT2D eigenvalue weighted by Crippen LogP contribution is 2.39. The molecule has 0 bridgehead atoms. The van der Waals surface area contributed by atoms with E-state index in [0.717, 1.165) is 18.6 Å². The van der Waals surface area contributed by atoms with E-state index in [4.69, 9.17) is 16.3 Å². The molecule has 1 aromatic rings. The number of fused-ring (bicyclic) bond motifs is 1. The number of carbonyl (C=O) groups excluding carboxylic acids is 1. The van der Waals surface area contributed by atoms with E-state index < -0.39 is 0 Å². The first kappa shape index (κ1) is 13.2. The number of hydrogen-bond acceptors (Lipinski definition) is 3. The van der Waals surface area contributed by atoms with Gasteiger partial charge in [0.05, 0.1) is 0 Å². The van der Waals surface area contributed by atoms with Crippen molar-refractivity contribution in [1.29, 1.82) is 0 Å². The van der Waals surface area contributed by atoms with E-state index in [0.29, 0.717) is 22.6 Å². The summed E-state index contributed by atoms with van der Waals surface area (Å²) in [4.78, 5) is 11.6. The average Bonchev–Trinajstić information content (AvgIpc) is 2.80. The van der Waals surface area contributed by atoms with Crippen molar-refractivity contribution in [2.45, 2.75) is 12.8 Å². The van der Waals surface area contributed by atoms with Gasteiger partial charge in [0.25, 0.3) is 5.91 Å². The van der Waals surface area contributed by atoms with E-state index in [9.17, 15) is 4.79 Å². The summed E-state index contributed by atoms with van der Waals surface area (Å²) in [5, 5.41) is 4.81. The number of nitrogens with one attached hydrogen (secondary N) is 1. The van der Waals surface area contributed by atoms with Gasteiger partial charge in [-0.05, 0) is 43.0 Å². The van der Waals surface area contributed by atoms with E-state index in [-0.39, 0.29) is 12.5 Å². The summed E-state index contributed by atoms with van der Waals surface area (Å²) < 4.78 is 5.34. The van der Waals surface area contributed by atoms with E-state index in [1.807, 2.05) is 0 Å². The summed E-state index contributed by atoms with van der Waals surface area (Å²) >= 11 is 5.77. The predicted octanol–water partition coefficient (Wildman–Crippen LogP) is 2.79. The molecule has 5 heteroatoms. The molecule has 1 amide bonds. The molecule has 1 saturated carbocycles. The second kappa shape index (κ2) is 5.67. The molecule has 104 valence electrons. The lowest BCUT2D eigenvalue weighted by Gasteiger charge is -2.31. The summed E-state index contributed by atoms with van der Waals surface area (Å²) in [5.74, 6) is 1.51. The highest BCUT2D eigenvalue weighted by molar-refractivity contribution is 6.30. The van der Waals surface area contributed by atoms with Crippen LogP contribution in [0.5, 0.6) is 5.75 Å². The maximum atomic E-state index is 11.6. The minimum atomic E-state index is -0.248. The molecule has 0 saturated heterocycles. The van der Waals surface area contributed by atoms with Crippen LogP contribution in [0.4, 0.5) is 0 Å². The Morgan fingerprint density at radius 3 is 2.95 bits per heavy atom. The van der Waals surface area contributed by atoms with E-state index in [1.54, 1.807) is 24.3 Å². The molecule has 3 rings (SSSR count). The van der Waals surface area contributed by atoms with Crippen molar-refractivity contribution in [3.8, 4) is 5.75 Å². The molecule has 4 nitrogen and oxygen atoms in total. The van der Waals surface area contributed by atoms with Gasteiger partial charge in [0.2, 0.25) is 0 Å². The lowest BCUT2D eigenvalue weighted by molar-refractivity contribution is -0.123. The third kappa shape index (κ3) is 2.85. The van der Waals surface area contributed by atoms with E-state index in [1.165, 1.54) is 0 Å². The number of halogens is 1. The van der Waals surface area contributed by atoms with Crippen LogP contribution >= 0.6 is 11.6 Å². The molecule has 1 fully saturated rings. The fourth-order valence-corrected chi connectivity index (χ4v) is 2.64. The van der Waals surface area contributed by atoms with Crippen LogP contribution in [0.1, 0.15) is 12.8 Å². The van der Waals surface area contributed by atoms with Crippen molar-refractivity contribution >= 4 is 23.2 Å². The third-order valence-corrected chi connectivity index (χ3v) is 3.92. The number of nitrogens with zero attached hydrogens (tertiary/aromatic N) is 1. The SMILES string of the molecule is O=C(COc1ccc(Cl)cc1)N/N=C1\CC2C=CCC12. The second-order valence-electron chi connectivity index (χ2n) is 5.02. The summed E-state index contributed by atoms with van der Waals surface area (Å²) in [7, 11) is 0. The van der Waals surface area contributed by atoms with E-state index in [2.05, 4.69) is 22.7 Å². The van der Waals surface area contributed by atoms with Gasteiger partial charge in [0.1, 0.15) is 5.75 Å². The van der Waals surface area contributed by atoms with Crippen LogP contribution in [0.15, 0.2) is 41.5 Å². The minimum absolute atomic E-state index is 0.0508. The Labute approximate surface area is 122 Å². The maximum Gasteiger partial charge on any atom is 0.277 e. The summed E-state index contributed by atoms with van der Waals surface area (Å²) in [6, 6.07) is 6.89. The quantitative estimate of drug-likeness (QED) is 0.685. The van der Waals surface area contributed by atoms with Gasteiger partial charge in [-0.2, -0.15) is 5.10 Å². The van der Waals surface area contributed by atoms with Gasteiger partial charge in [-0.3, -0.25) is 4.79 Å². The molecule has 20 heavy (non-hydrogen) atoms. The van der Waals surface area contributed by atoms with Crippen LogP contribution in [0, 0.1) is 11.8 Å². The number of benzene rings is 1. The Bertz CT molecular complexity index is 566. The van der Waals surface area contributed by atoms with Crippen LogP contribution in [0.3, 0.4) is 0 Å². The monoisotopic (exact) mass is 290 g/mol. The molecular weight excluding hydrogens is 276 g/mol. The zero-order chi connectivity index (χ0) is 13.9. The van der Waals surface area contributed by atoms with Gasteiger partial charge in [-0.25, -0.2) is 5.43 Å². The van der Waals surface area contributed by atoms with Crippen LogP contribution in [-0.2, 0) is 4.79 Å². The Morgan fingerprint density at radius 2 is 2.20 bits per heavy atom. The molecule has 0 spiro atoms. The van der Waals surface area contributed by atoms with Crippen LogP contribution in [0.25, 0.3) is 0 Å². The largest absolute Gasteiger partial charge is 0.484 e. The lowest BCUT2D eigenvalue weighted by Crippen LogP contribution is -2.36. The van der Waals surface area contributed by atoms with Crippen LogP contribution in [-0.4, -0.2) is 18.2 Å². The first-order valence-corrected chi connectivity index (χ1v) is 7.00. The Kier molecular flexibility index (Phi) is 3.74. The van der Waals surface area contributed by atoms with Crippen molar-refractivity contribution in [2.24, 2.45) is 16.9 Å². The summed E-state index contributed by atoms with van der Waals surface area (Å²) in [6.07, 6.45) is 6.42. The second-order valence-corrected chi connectivity index (χ2v) is 5.46. The lowest BCUT2D eigenvalue weighted by atomic mass is 9.74. The number of allylic oxidation sites excluding steroid dienone is 2. The molecule has 2 aliphatic carbocycles. The van der Waals surface area contributed by atoms with Gasteiger partial charge < -0.3 is 4.74 Å². The molecule has 1 N–H and O–H groups in total. The Hall–Kier alpha value is -1.81. The van der Waals surface area contributed by atoms with E-state index >= 15 is 0 Å². The summed E-state index contributed by atoms with van der Waals surface area (Å²) in [5.41, 5.74) is 3.63. The zero-order valence-electron chi connectivity index (χ0n) is 10.9. The Morgan fingerprint density at radius 1 is 1.40 bits per heavy atom.